The van der Waals surface area contributed by atoms with Crippen LogP contribution in [0.5, 0.6) is 0 Å². The molecule has 9 nitrogen and oxygen atoms in total. The van der Waals surface area contributed by atoms with Crippen molar-refractivity contribution in [3.05, 3.63) is 46.7 Å². The van der Waals surface area contributed by atoms with Crippen molar-refractivity contribution in [2.75, 3.05) is 17.7 Å². The minimum atomic E-state index is -0.664. The molecule has 0 aromatic carbocycles. The Morgan fingerprint density at radius 2 is 2.00 bits per heavy atom. The first-order valence-corrected chi connectivity index (χ1v) is 5.50. The molecule has 2 heterocycles. The number of nitrogens with zero attached hydrogens (tertiary/aromatic N) is 4. The first kappa shape index (κ1) is 13.3. The lowest BCUT2D eigenvalue weighted by molar-refractivity contribution is -0.385. The van der Waals surface area contributed by atoms with E-state index in [0.717, 1.165) is 6.20 Å². The van der Waals surface area contributed by atoms with Gasteiger partial charge in [-0.05, 0) is 0 Å². The van der Waals surface area contributed by atoms with Crippen molar-refractivity contribution in [1.29, 1.82) is 0 Å². The van der Waals surface area contributed by atoms with Gasteiger partial charge >= 0.3 is 0 Å². The highest BCUT2D eigenvalue weighted by Crippen LogP contribution is 2.21. The van der Waals surface area contributed by atoms with Crippen LogP contribution in [-0.2, 0) is 0 Å². The Hall–Kier alpha value is -3.10. The highest BCUT2D eigenvalue weighted by atomic mass is 16.6. The van der Waals surface area contributed by atoms with Crippen LogP contribution in [0.15, 0.2) is 31.0 Å². The minimum absolute atomic E-state index is 0.0989. The summed E-state index contributed by atoms with van der Waals surface area (Å²) in [5.41, 5.74) is -0.133. The molecule has 0 radical (unpaired) electrons. The largest absolute Gasteiger partial charge is 0.373 e. The average Bonchev–Trinajstić information content (AvgIpc) is 2.47. The molecule has 2 aromatic heterocycles. The van der Waals surface area contributed by atoms with Crippen molar-refractivity contribution < 1.29 is 9.72 Å². The molecule has 0 aliphatic rings. The van der Waals surface area contributed by atoms with Gasteiger partial charge in [0.25, 0.3) is 11.6 Å². The molecule has 2 aromatic rings. The zero-order valence-corrected chi connectivity index (χ0v) is 10.4. The quantitative estimate of drug-likeness (QED) is 0.631. The summed E-state index contributed by atoms with van der Waals surface area (Å²) in [5.74, 6) is -0.282. The van der Waals surface area contributed by atoms with Crippen LogP contribution in [-0.4, -0.2) is 32.8 Å². The summed E-state index contributed by atoms with van der Waals surface area (Å²) in [6, 6.07) is 1.30. The molecule has 0 spiro atoms. The second-order valence-electron chi connectivity index (χ2n) is 3.68. The lowest BCUT2D eigenvalue weighted by Gasteiger charge is -2.06. The molecule has 9 heteroatoms. The van der Waals surface area contributed by atoms with E-state index in [1.54, 1.807) is 7.05 Å². The highest BCUT2D eigenvalue weighted by molar-refractivity contribution is 6.07. The fraction of sp³-hybridized carbons (Fsp3) is 0.0909. The van der Waals surface area contributed by atoms with Gasteiger partial charge in [0.2, 0.25) is 0 Å². The van der Waals surface area contributed by atoms with E-state index in [4.69, 9.17) is 0 Å². The fourth-order valence-electron chi connectivity index (χ4n) is 1.47. The molecular formula is C11H10N6O3. The molecule has 0 aliphatic heterocycles. The summed E-state index contributed by atoms with van der Waals surface area (Å²) in [5, 5.41) is 16.1. The van der Waals surface area contributed by atoms with Gasteiger partial charge in [0.15, 0.2) is 0 Å². The number of rotatable bonds is 4. The van der Waals surface area contributed by atoms with Gasteiger partial charge in [-0.2, -0.15) is 0 Å². The maximum Gasteiger partial charge on any atom is 0.300 e. The second kappa shape index (κ2) is 5.69. The standard InChI is InChI=1S/C11H10N6O3/c1-12-10-2-8(9(5-15-10)17(19)20)11(18)16-7-3-13-6-14-4-7/h2-6H,1H3,(H,12,15)(H,16,18). The molecule has 0 unspecified atom stereocenters. The van der Waals surface area contributed by atoms with Crippen LogP contribution in [0.25, 0.3) is 0 Å². The topological polar surface area (TPSA) is 123 Å². The van der Waals surface area contributed by atoms with Gasteiger partial charge in [-0.25, -0.2) is 15.0 Å². The number of nitrogens with one attached hydrogen (secondary N) is 2. The third-order valence-corrected chi connectivity index (χ3v) is 2.40. The van der Waals surface area contributed by atoms with Crippen molar-refractivity contribution >= 4 is 23.1 Å². The Bertz CT molecular complexity index is 646. The third kappa shape index (κ3) is 2.83. The van der Waals surface area contributed by atoms with Gasteiger partial charge in [0.1, 0.15) is 23.9 Å². The summed E-state index contributed by atoms with van der Waals surface area (Å²) in [4.78, 5) is 33.6. The van der Waals surface area contributed by atoms with E-state index in [1.807, 2.05) is 0 Å². The number of carbonyl (C=O) groups excluding carboxylic acids is 1. The Morgan fingerprint density at radius 3 is 2.60 bits per heavy atom. The van der Waals surface area contributed by atoms with Crippen molar-refractivity contribution in [3.63, 3.8) is 0 Å². The van der Waals surface area contributed by atoms with Crippen LogP contribution in [0.4, 0.5) is 17.2 Å². The lowest BCUT2D eigenvalue weighted by Crippen LogP contribution is -2.15. The SMILES string of the molecule is CNc1cc(C(=O)Nc2cncnc2)c([N+](=O)[O-])cn1. The summed E-state index contributed by atoms with van der Waals surface area (Å²) in [7, 11) is 1.60. The summed E-state index contributed by atoms with van der Waals surface area (Å²) in [6.45, 7) is 0. The first-order chi connectivity index (χ1) is 9.61. The van der Waals surface area contributed by atoms with Crippen LogP contribution in [0.3, 0.4) is 0 Å². The van der Waals surface area contributed by atoms with Gasteiger partial charge < -0.3 is 10.6 Å². The molecule has 0 fully saturated rings. The maximum absolute atomic E-state index is 12.1. The van der Waals surface area contributed by atoms with Crippen molar-refractivity contribution in [2.45, 2.75) is 0 Å². The summed E-state index contributed by atoms with van der Waals surface area (Å²) >= 11 is 0. The van der Waals surface area contributed by atoms with Crippen molar-refractivity contribution in [1.82, 2.24) is 15.0 Å². The van der Waals surface area contributed by atoms with Gasteiger partial charge in [-0.1, -0.05) is 0 Å². The number of carbonyl (C=O) groups is 1. The Balaban J connectivity index is 2.35. The lowest BCUT2D eigenvalue weighted by atomic mass is 10.2. The molecule has 0 bridgehead atoms. The van der Waals surface area contributed by atoms with E-state index in [-0.39, 0.29) is 11.3 Å². The number of nitro groups is 1. The molecule has 2 rings (SSSR count). The van der Waals surface area contributed by atoms with E-state index < -0.39 is 10.8 Å². The number of aromatic nitrogens is 3. The van der Waals surface area contributed by atoms with Gasteiger partial charge in [-0.3, -0.25) is 14.9 Å². The van der Waals surface area contributed by atoms with E-state index in [0.29, 0.717) is 11.5 Å². The normalized spacial score (nSPS) is 9.85. The zero-order valence-electron chi connectivity index (χ0n) is 10.4. The van der Waals surface area contributed by atoms with Gasteiger partial charge in [-0.15, -0.1) is 0 Å². The average molecular weight is 274 g/mol. The van der Waals surface area contributed by atoms with Crippen LogP contribution in [0.1, 0.15) is 10.4 Å². The second-order valence-corrected chi connectivity index (χ2v) is 3.68. The summed E-state index contributed by atoms with van der Waals surface area (Å²) < 4.78 is 0. The molecular weight excluding hydrogens is 264 g/mol. The van der Waals surface area contributed by atoms with Gasteiger partial charge in [0.05, 0.1) is 23.0 Å². The molecule has 0 atom stereocenters. The van der Waals surface area contributed by atoms with Crippen LogP contribution >= 0.6 is 0 Å². The molecule has 2 N–H and O–H groups in total. The van der Waals surface area contributed by atoms with E-state index in [2.05, 4.69) is 25.6 Å². The van der Waals surface area contributed by atoms with Gasteiger partial charge in [0, 0.05) is 13.1 Å². The zero-order chi connectivity index (χ0) is 14.5. The fourth-order valence-corrected chi connectivity index (χ4v) is 1.47. The minimum Gasteiger partial charge on any atom is -0.373 e. The summed E-state index contributed by atoms with van der Waals surface area (Å²) in [6.07, 6.45) is 5.11. The number of pyridine rings is 1. The Kier molecular flexibility index (Phi) is 3.80. The molecule has 0 saturated heterocycles. The molecule has 0 aliphatic carbocycles. The molecule has 1 amide bonds. The smallest absolute Gasteiger partial charge is 0.300 e. The predicted molar refractivity (Wildman–Crippen MR) is 70.4 cm³/mol. The van der Waals surface area contributed by atoms with Crippen molar-refractivity contribution in [3.8, 4) is 0 Å². The number of anilines is 2. The Labute approximate surface area is 113 Å². The number of hydrogen-bond acceptors (Lipinski definition) is 7. The maximum atomic E-state index is 12.1. The number of amides is 1. The highest BCUT2D eigenvalue weighted by Gasteiger charge is 2.21. The molecule has 102 valence electrons. The van der Waals surface area contributed by atoms with E-state index >= 15 is 0 Å². The van der Waals surface area contributed by atoms with Crippen molar-refractivity contribution in [2.24, 2.45) is 0 Å². The van der Waals surface area contributed by atoms with E-state index in [1.165, 1.54) is 24.8 Å². The predicted octanol–water partition coefficient (Wildman–Crippen LogP) is 1.07. The van der Waals surface area contributed by atoms with E-state index in [9.17, 15) is 14.9 Å². The van der Waals surface area contributed by atoms with Crippen LogP contribution < -0.4 is 10.6 Å². The third-order valence-electron chi connectivity index (χ3n) is 2.40. The molecule has 20 heavy (non-hydrogen) atoms. The Morgan fingerprint density at radius 1 is 1.30 bits per heavy atom. The first-order valence-electron chi connectivity index (χ1n) is 5.50. The number of hydrogen-bond donors (Lipinski definition) is 2. The monoisotopic (exact) mass is 274 g/mol. The molecule has 0 saturated carbocycles. The van der Waals surface area contributed by atoms with Crippen LogP contribution in [0.2, 0.25) is 0 Å². The van der Waals surface area contributed by atoms with Crippen LogP contribution in [0, 0.1) is 10.1 Å².